The molecule has 0 unspecified atom stereocenters. The van der Waals surface area contributed by atoms with Gasteiger partial charge < -0.3 is 5.11 Å². The molecule has 15 heavy (non-hydrogen) atoms. The molecule has 2 atom stereocenters. The Bertz CT molecular complexity index is 377. The largest absolute Gasteiger partial charge is 0.389 e. The molecular formula is C13H18NO+. The lowest BCUT2D eigenvalue weighted by atomic mass is 9.71. The number of fused-ring (bicyclic) bond motifs is 2. The third-order valence-electron chi connectivity index (χ3n) is 4.11. The second kappa shape index (κ2) is 3.31. The van der Waals surface area contributed by atoms with E-state index in [1.165, 1.54) is 25.0 Å². The van der Waals surface area contributed by atoms with Crippen LogP contribution in [0.5, 0.6) is 0 Å². The van der Waals surface area contributed by atoms with Gasteiger partial charge in [0.25, 0.3) is 0 Å². The van der Waals surface area contributed by atoms with E-state index in [2.05, 4.69) is 29.0 Å². The highest BCUT2D eigenvalue weighted by Gasteiger charge is 2.46. The van der Waals surface area contributed by atoms with Crippen LogP contribution in [0.1, 0.15) is 31.4 Å². The Kier molecular flexibility index (Phi) is 2.06. The van der Waals surface area contributed by atoms with Crippen LogP contribution < -0.4 is 4.57 Å². The van der Waals surface area contributed by atoms with Crippen molar-refractivity contribution >= 4 is 0 Å². The monoisotopic (exact) mass is 204 g/mol. The standard InChI is InChI=1S/C13H18NO/c15-13-7-3-1-5-11(13)10-14-8-4-2-6-12(14)9-13/h2,4,6,8,11,15H,1,3,5,7,9-10H2/q+1/t11-,13-/m1/s1. The minimum atomic E-state index is -0.403. The van der Waals surface area contributed by atoms with Gasteiger partial charge in [-0.25, -0.2) is 4.57 Å². The summed E-state index contributed by atoms with van der Waals surface area (Å²) in [7, 11) is 0. The van der Waals surface area contributed by atoms with Gasteiger partial charge in [0.05, 0.1) is 12.0 Å². The second-order valence-electron chi connectivity index (χ2n) is 5.07. The van der Waals surface area contributed by atoms with Crippen molar-refractivity contribution in [2.75, 3.05) is 0 Å². The Morgan fingerprint density at radius 2 is 2.27 bits per heavy atom. The summed E-state index contributed by atoms with van der Waals surface area (Å²) in [6, 6.07) is 6.29. The lowest BCUT2D eigenvalue weighted by Crippen LogP contribution is -2.58. The van der Waals surface area contributed by atoms with Crippen molar-refractivity contribution in [2.45, 2.75) is 44.2 Å². The number of rotatable bonds is 0. The van der Waals surface area contributed by atoms with Gasteiger partial charge in [0.1, 0.15) is 0 Å². The van der Waals surface area contributed by atoms with Gasteiger partial charge in [0, 0.05) is 18.1 Å². The molecule has 0 aromatic carbocycles. The molecule has 0 saturated heterocycles. The van der Waals surface area contributed by atoms with Crippen LogP contribution >= 0.6 is 0 Å². The average Bonchev–Trinajstić information content (AvgIpc) is 2.25. The van der Waals surface area contributed by atoms with Gasteiger partial charge in [-0.1, -0.05) is 18.9 Å². The first-order valence-corrected chi connectivity index (χ1v) is 5.98. The molecule has 1 aromatic rings. The topological polar surface area (TPSA) is 24.1 Å². The highest BCUT2D eigenvalue weighted by atomic mass is 16.3. The van der Waals surface area contributed by atoms with E-state index >= 15 is 0 Å². The number of aliphatic hydroxyl groups is 1. The first kappa shape index (κ1) is 9.34. The zero-order chi connectivity index (χ0) is 10.3. The van der Waals surface area contributed by atoms with Gasteiger partial charge in [-0.3, -0.25) is 0 Å². The van der Waals surface area contributed by atoms with E-state index in [-0.39, 0.29) is 0 Å². The predicted octanol–water partition coefficient (Wildman–Crippen LogP) is 1.45. The molecule has 0 radical (unpaired) electrons. The third kappa shape index (κ3) is 1.48. The minimum absolute atomic E-state index is 0.403. The molecule has 1 N–H and O–H groups in total. The summed E-state index contributed by atoms with van der Waals surface area (Å²) >= 11 is 0. The van der Waals surface area contributed by atoms with Crippen LogP contribution in [0, 0.1) is 5.92 Å². The third-order valence-corrected chi connectivity index (χ3v) is 4.11. The van der Waals surface area contributed by atoms with Gasteiger partial charge in [0.2, 0.25) is 0 Å². The molecule has 0 amide bonds. The van der Waals surface area contributed by atoms with E-state index < -0.39 is 5.60 Å². The van der Waals surface area contributed by atoms with Gasteiger partial charge in [-0.2, -0.15) is 0 Å². The molecule has 80 valence electrons. The van der Waals surface area contributed by atoms with Crippen LogP contribution in [0.4, 0.5) is 0 Å². The van der Waals surface area contributed by atoms with Gasteiger partial charge in [0.15, 0.2) is 18.4 Å². The SMILES string of the molecule is O[C@@]12CCCC[C@@H]1C[n+]1ccccc1C2. The molecule has 2 heteroatoms. The van der Waals surface area contributed by atoms with Crippen molar-refractivity contribution in [1.29, 1.82) is 0 Å². The van der Waals surface area contributed by atoms with Crippen molar-refractivity contribution in [3.05, 3.63) is 30.1 Å². The summed E-state index contributed by atoms with van der Waals surface area (Å²) in [6.07, 6.45) is 7.65. The van der Waals surface area contributed by atoms with E-state index in [0.717, 1.165) is 19.4 Å². The van der Waals surface area contributed by atoms with E-state index in [1.54, 1.807) is 0 Å². The Balaban J connectivity index is 1.98. The van der Waals surface area contributed by atoms with E-state index in [9.17, 15) is 5.11 Å². The number of pyridine rings is 1. The summed E-state index contributed by atoms with van der Waals surface area (Å²) in [5.74, 6) is 0.478. The maximum absolute atomic E-state index is 10.6. The van der Waals surface area contributed by atoms with Crippen molar-refractivity contribution in [1.82, 2.24) is 0 Å². The summed E-state index contributed by atoms with van der Waals surface area (Å²) in [5.41, 5.74) is 0.887. The van der Waals surface area contributed by atoms with Gasteiger partial charge >= 0.3 is 0 Å². The molecule has 2 nitrogen and oxygen atoms in total. The summed E-state index contributed by atoms with van der Waals surface area (Å²) in [6.45, 7) is 1.01. The zero-order valence-electron chi connectivity index (χ0n) is 9.02. The first-order valence-electron chi connectivity index (χ1n) is 5.98. The number of nitrogens with zero attached hydrogens (tertiary/aromatic N) is 1. The molecule has 1 aliphatic heterocycles. The Labute approximate surface area is 90.6 Å². The molecule has 1 saturated carbocycles. The van der Waals surface area contributed by atoms with Crippen LogP contribution in [-0.4, -0.2) is 10.7 Å². The average molecular weight is 204 g/mol. The van der Waals surface area contributed by atoms with Crippen LogP contribution in [0.2, 0.25) is 0 Å². The molecule has 1 aliphatic carbocycles. The smallest absolute Gasteiger partial charge is 0.184 e. The molecule has 1 fully saturated rings. The molecule has 3 rings (SSSR count). The Morgan fingerprint density at radius 3 is 3.20 bits per heavy atom. The molecule has 2 heterocycles. The normalized spacial score (nSPS) is 34.3. The molecular weight excluding hydrogens is 186 g/mol. The second-order valence-corrected chi connectivity index (χ2v) is 5.07. The molecule has 0 spiro atoms. The fraction of sp³-hybridized carbons (Fsp3) is 0.615. The number of aromatic nitrogens is 1. The Hall–Kier alpha value is -0.890. The van der Waals surface area contributed by atoms with Crippen LogP contribution in [0.15, 0.2) is 24.4 Å². The summed E-state index contributed by atoms with van der Waals surface area (Å²) in [5, 5.41) is 10.6. The fourth-order valence-corrected chi connectivity index (χ4v) is 3.19. The number of hydrogen-bond acceptors (Lipinski definition) is 1. The summed E-state index contributed by atoms with van der Waals surface area (Å²) in [4.78, 5) is 0. The highest BCUT2D eigenvalue weighted by Crippen LogP contribution is 2.38. The van der Waals surface area contributed by atoms with Gasteiger partial charge in [-0.15, -0.1) is 0 Å². The molecule has 1 aromatic heterocycles. The molecule has 0 bridgehead atoms. The van der Waals surface area contributed by atoms with Crippen LogP contribution in [0.25, 0.3) is 0 Å². The highest BCUT2D eigenvalue weighted by molar-refractivity contribution is 5.06. The van der Waals surface area contributed by atoms with Crippen molar-refractivity contribution < 1.29 is 9.67 Å². The fourth-order valence-electron chi connectivity index (χ4n) is 3.19. The van der Waals surface area contributed by atoms with E-state index in [0.29, 0.717) is 5.92 Å². The van der Waals surface area contributed by atoms with Gasteiger partial charge in [-0.05, 0) is 12.8 Å². The zero-order valence-corrected chi connectivity index (χ0v) is 9.02. The summed E-state index contributed by atoms with van der Waals surface area (Å²) < 4.78 is 2.31. The lowest BCUT2D eigenvalue weighted by Gasteiger charge is -2.40. The van der Waals surface area contributed by atoms with E-state index in [4.69, 9.17) is 0 Å². The minimum Gasteiger partial charge on any atom is -0.389 e. The quantitative estimate of drug-likeness (QED) is 0.635. The lowest BCUT2D eigenvalue weighted by molar-refractivity contribution is -0.721. The first-order chi connectivity index (χ1) is 7.28. The van der Waals surface area contributed by atoms with Crippen molar-refractivity contribution in [2.24, 2.45) is 5.92 Å². The van der Waals surface area contributed by atoms with Crippen molar-refractivity contribution in [3.8, 4) is 0 Å². The Morgan fingerprint density at radius 1 is 1.33 bits per heavy atom. The predicted molar refractivity (Wildman–Crippen MR) is 57.2 cm³/mol. The van der Waals surface area contributed by atoms with Crippen LogP contribution in [0.3, 0.4) is 0 Å². The van der Waals surface area contributed by atoms with Crippen molar-refractivity contribution in [3.63, 3.8) is 0 Å². The van der Waals surface area contributed by atoms with E-state index in [1.807, 2.05) is 0 Å². The maximum Gasteiger partial charge on any atom is 0.184 e. The maximum atomic E-state index is 10.6. The number of hydrogen-bond donors (Lipinski definition) is 1. The molecule has 2 aliphatic rings. The van der Waals surface area contributed by atoms with Crippen LogP contribution in [-0.2, 0) is 13.0 Å².